The molecule has 0 radical (unpaired) electrons. The van der Waals surface area contributed by atoms with Crippen LogP contribution in [0.1, 0.15) is 47.4 Å². The second-order valence-electron chi connectivity index (χ2n) is 8.71. The number of benzene rings is 2. The number of carbonyl (C=O) groups excluding carboxylic acids is 1. The fraction of sp³-hybridized carbons (Fsp3) is 0.346. The first kappa shape index (κ1) is 22.0. The Hall–Kier alpha value is -2.80. The van der Waals surface area contributed by atoms with E-state index in [-0.39, 0.29) is 29.8 Å². The molecule has 3 heterocycles. The predicted octanol–water partition coefficient (Wildman–Crippen LogP) is 6.37. The van der Waals surface area contributed by atoms with Crippen molar-refractivity contribution in [1.29, 1.82) is 0 Å². The summed E-state index contributed by atoms with van der Waals surface area (Å²) < 4.78 is 38.3. The van der Waals surface area contributed by atoms with Gasteiger partial charge in [0.2, 0.25) is 0 Å². The maximum atomic E-state index is 14.0. The molecule has 33 heavy (non-hydrogen) atoms. The maximum Gasteiger partial charge on any atom is 0.254 e. The van der Waals surface area contributed by atoms with Crippen LogP contribution in [0.15, 0.2) is 64.1 Å². The molecule has 2 fully saturated rings. The Bertz CT molecular complexity index is 1130. The van der Waals surface area contributed by atoms with E-state index in [9.17, 15) is 13.6 Å². The molecule has 0 saturated carbocycles. The van der Waals surface area contributed by atoms with Crippen LogP contribution in [-0.4, -0.2) is 29.0 Å². The van der Waals surface area contributed by atoms with Crippen molar-refractivity contribution in [2.75, 3.05) is 0 Å². The number of aryl methyl sites for hydroxylation is 1. The van der Waals surface area contributed by atoms with Crippen molar-refractivity contribution >= 4 is 17.7 Å². The maximum absolute atomic E-state index is 14.0. The summed E-state index contributed by atoms with van der Waals surface area (Å²) in [6.07, 6.45) is 4.65. The first-order chi connectivity index (χ1) is 16.0. The third kappa shape index (κ3) is 4.64. The molecule has 0 aliphatic carbocycles. The van der Waals surface area contributed by atoms with Crippen molar-refractivity contribution in [2.24, 2.45) is 0 Å². The average molecular weight is 470 g/mol. The van der Waals surface area contributed by atoms with Crippen LogP contribution in [0.25, 0.3) is 0 Å². The number of halogens is 2. The Morgan fingerprint density at radius 3 is 2.45 bits per heavy atom. The van der Waals surface area contributed by atoms with Crippen molar-refractivity contribution < 1.29 is 22.7 Å². The Morgan fingerprint density at radius 1 is 1.09 bits per heavy atom. The third-order valence-corrected chi connectivity index (χ3v) is 7.73. The third-order valence-electron chi connectivity index (χ3n) is 6.52. The van der Waals surface area contributed by atoms with Gasteiger partial charge in [-0.1, -0.05) is 12.1 Å². The van der Waals surface area contributed by atoms with Crippen LogP contribution < -0.4 is 4.74 Å². The molecule has 3 aromatic rings. The molecule has 1 aromatic heterocycles. The van der Waals surface area contributed by atoms with Crippen LogP contribution in [0, 0.1) is 18.6 Å². The standard InChI is InChI=1S/C26H25F2NO3S/c1-16-25(10-11-31-16)33-15-17-2-4-18(5-3-17)26(30)29-20-7-8-21(29)14-22(13-20)32-24-9-6-19(27)12-23(24)28/h2-6,9-12,20-22H,7-8,13-15H2,1H3. The van der Waals surface area contributed by atoms with Gasteiger partial charge in [0.05, 0.1) is 6.26 Å². The number of piperidine rings is 1. The highest BCUT2D eigenvalue weighted by atomic mass is 32.2. The number of amides is 1. The molecule has 0 N–H and O–H groups in total. The van der Waals surface area contributed by atoms with E-state index in [4.69, 9.17) is 9.15 Å². The van der Waals surface area contributed by atoms with Crippen LogP contribution in [0.2, 0.25) is 0 Å². The lowest BCUT2D eigenvalue weighted by atomic mass is 9.98. The summed E-state index contributed by atoms with van der Waals surface area (Å²) in [7, 11) is 0. The lowest BCUT2D eigenvalue weighted by molar-refractivity contribution is 0.0349. The van der Waals surface area contributed by atoms with Crippen LogP contribution in [0.4, 0.5) is 8.78 Å². The van der Waals surface area contributed by atoms with Gasteiger partial charge in [0.25, 0.3) is 5.91 Å². The molecule has 5 rings (SSSR count). The van der Waals surface area contributed by atoms with E-state index in [1.807, 2.05) is 42.2 Å². The zero-order chi connectivity index (χ0) is 22.9. The predicted molar refractivity (Wildman–Crippen MR) is 122 cm³/mol. The van der Waals surface area contributed by atoms with Gasteiger partial charge in [-0.2, -0.15) is 0 Å². The second-order valence-corrected chi connectivity index (χ2v) is 9.73. The van der Waals surface area contributed by atoms with Crippen molar-refractivity contribution in [2.45, 2.75) is 61.4 Å². The van der Waals surface area contributed by atoms with Gasteiger partial charge in [0.1, 0.15) is 17.7 Å². The molecule has 2 unspecified atom stereocenters. The van der Waals surface area contributed by atoms with Crippen LogP contribution >= 0.6 is 11.8 Å². The largest absolute Gasteiger partial charge is 0.487 e. The number of hydrogen-bond acceptors (Lipinski definition) is 4. The first-order valence-corrected chi connectivity index (χ1v) is 12.2. The Morgan fingerprint density at radius 2 is 1.82 bits per heavy atom. The number of rotatable bonds is 6. The monoisotopic (exact) mass is 469 g/mol. The van der Waals surface area contributed by atoms with E-state index >= 15 is 0 Å². The molecule has 2 saturated heterocycles. The van der Waals surface area contributed by atoms with Gasteiger partial charge < -0.3 is 14.1 Å². The lowest BCUT2D eigenvalue weighted by Crippen LogP contribution is -2.49. The van der Waals surface area contributed by atoms with E-state index in [2.05, 4.69) is 0 Å². The average Bonchev–Trinajstić information content (AvgIpc) is 3.33. The van der Waals surface area contributed by atoms with Gasteiger partial charge in [-0.25, -0.2) is 8.78 Å². The highest BCUT2D eigenvalue weighted by Crippen LogP contribution is 2.38. The zero-order valence-electron chi connectivity index (χ0n) is 18.3. The fourth-order valence-electron chi connectivity index (χ4n) is 4.88. The highest BCUT2D eigenvalue weighted by Gasteiger charge is 2.44. The van der Waals surface area contributed by atoms with E-state index in [1.54, 1.807) is 18.0 Å². The van der Waals surface area contributed by atoms with Gasteiger partial charge >= 0.3 is 0 Å². The van der Waals surface area contributed by atoms with Crippen molar-refractivity contribution in [3.63, 3.8) is 0 Å². The number of ether oxygens (including phenoxy) is 1. The summed E-state index contributed by atoms with van der Waals surface area (Å²) in [5.41, 5.74) is 1.83. The highest BCUT2D eigenvalue weighted by molar-refractivity contribution is 7.98. The van der Waals surface area contributed by atoms with Crippen molar-refractivity contribution in [3.8, 4) is 5.75 Å². The van der Waals surface area contributed by atoms with E-state index in [1.165, 1.54) is 12.1 Å². The molecular weight excluding hydrogens is 444 g/mol. The Labute approximate surface area is 195 Å². The second kappa shape index (κ2) is 9.21. The van der Waals surface area contributed by atoms with Crippen molar-refractivity contribution in [1.82, 2.24) is 4.90 Å². The minimum Gasteiger partial charge on any atom is -0.487 e. The number of nitrogens with zero attached hydrogens (tertiary/aromatic N) is 1. The smallest absolute Gasteiger partial charge is 0.254 e. The summed E-state index contributed by atoms with van der Waals surface area (Å²) in [6, 6.07) is 13.3. The molecule has 2 aromatic carbocycles. The number of hydrogen-bond donors (Lipinski definition) is 0. The topological polar surface area (TPSA) is 42.7 Å². The van der Waals surface area contributed by atoms with E-state index in [0.717, 1.165) is 40.9 Å². The normalized spacial score (nSPS) is 21.9. The molecule has 2 aliphatic rings. The van der Waals surface area contributed by atoms with Gasteiger partial charge in [-0.15, -0.1) is 11.8 Å². The first-order valence-electron chi connectivity index (χ1n) is 11.2. The molecule has 2 aliphatic heterocycles. The van der Waals surface area contributed by atoms with E-state index in [0.29, 0.717) is 18.4 Å². The Balaban J connectivity index is 1.21. The molecule has 7 heteroatoms. The Kier molecular flexibility index (Phi) is 6.15. The van der Waals surface area contributed by atoms with Crippen LogP contribution in [0.3, 0.4) is 0 Å². The number of fused-ring (bicyclic) bond motifs is 2. The molecule has 0 spiro atoms. The summed E-state index contributed by atoms with van der Waals surface area (Å²) in [5, 5.41) is 0. The molecule has 2 atom stereocenters. The number of thioether (sulfide) groups is 1. The van der Waals surface area contributed by atoms with Crippen LogP contribution in [0.5, 0.6) is 5.75 Å². The van der Waals surface area contributed by atoms with E-state index < -0.39 is 11.6 Å². The molecule has 4 nitrogen and oxygen atoms in total. The van der Waals surface area contributed by atoms with Gasteiger partial charge in [-0.05, 0) is 55.7 Å². The summed E-state index contributed by atoms with van der Waals surface area (Å²) in [5.74, 6) is 0.516. The zero-order valence-corrected chi connectivity index (χ0v) is 19.1. The minimum atomic E-state index is -0.693. The fourth-order valence-corrected chi connectivity index (χ4v) is 5.80. The molecular formula is C26H25F2NO3S. The summed E-state index contributed by atoms with van der Waals surface area (Å²) in [4.78, 5) is 16.4. The summed E-state index contributed by atoms with van der Waals surface area (Å²) >= 11 is 1.71. The number of furan rings is 1. The summed E-state index contributed by atoms with van der Waals surface area (Å²) in [6.45, 7) is 1.95. The lowest BCUT2D eigenvalue weighted by Gasteiger charge is -2.39. The van der Waals surface area contributed by atoms with Gasteiger partial charge in [0, 0.05) is 47.2 Å². The molecule has 172 valence electrons. The number of carbonyl (C=O) groups is 1. The quantitative estimate of drug-likeness (QED) is 0.393. The minimum absolute atomic E-state index is 0.0406. The molecule has 2 bridgehead atoms. The SMILES string of the molecule is Cc1occc1SCc1ccc(C(=O)N2C3CCC2CC(Oc2ccc(F)cc2F)C3)cc1. The van der Waals surface area contributed by atoms with Crippen LogP contribution in [-0.2, 0) is 5.75 Å². The molecule has 1 amide bonds. The van der Waals surface area contributed by atoms with Crippen molar-refractivity contribution in [3.05, 3.63) is 83.3 Å². The van der Waals surface area contributed by atoms with Gasteiger partial charge in [-0.3, -0.25) is 4.79 Å². The van der Waals surface area contributed by atoms with Gasteiger partial charge in [0.15, 0.2) is 11.6 Å².